The van der Waals surface area contributed by atoms with E-state index >= 15 is 0 Å². The maximum Gasteiger partial charge on any atom is 0.129 e. The maximum atomic E-state index is 14.0. The molecule has 4 heteroatoms. The van der Waals surface area contributed by atoms with Crippen molar-refractivity contribution in [3.05, 3.63) is 69.9 Å². The highest BCUT2D eigenvalue weighted by molar-refractivity contribution is 14.1. The Balaban J connectivity index is 2.16. The van der Waals surface area contributed by atoms with Gasteiger partial charge in [-0.25, -0.2) is 4.39 Å². The minimum atomic E-state index is -0.626. The highest BCUT2D eigenvalue weighted by Crippen LogP contribution is 2.31. The summed E-state index contributed by atoms with van der Waals surface area (Å²) in [7, 11) is 0. The third-order valence-electron chi connectivity index (χ3n) is 3.17. The van der Waals surface area contributed by atoms with Crippen molar-refractivity contribution in [2.24, 2.45) is 0 Å². The molecule has 1 nitrogen and oxygen atoms in total. The number of ether oxygens (including phenoxy) is 1. The van der Waals surface area contributed by atoms with Gasteiger partial charge < -0.3 is 4.74 Å². The highest BCUT2D eigenvalue weighted by Gasteiger charge is 2.29. The van der Waals surface area contributed by atoms with Crippen LogP contribution in [0.1, 0.15) is 18.1 Å². The number of benzene rings is 2. The van der Waals surface area contributed by atoms with Gasteiger partial charge >= 0.3 is 0 Å². The SMILES string of the molecule is CC(CI)(OCc1ccc(Br)cc1)c1ccccc1F. The molecule has 0 fully saturated rings. The zero-order valence-electron chi connectivity index (χ0n) is 11.1. The predicted octanol–water partition coefficient (Wildman–Crippen LogP) is 5.46. The maximum absolute atomic E-state index is 14.0. The Kier molecular flexibility index (Phi) is 5.57. The summed E-state index contributed by atoms with van der Waals surface area (Å²) in [6.07, 6.45) is 0. The molecule has 0 radical (unpaired) electrons. The first-order valence-corrected chi connectivity index (χ1v) is 8.56. The number of hydrogen-bond donors (Lipinski definition) is 0. The largest absolute Gasteiger partial charge is 0.365 e. The molecule has 0 aliphatic rings. The molecule has 20 heavy (non-hydrogen) atoms. The zero-order valence-corrected chi connectivity index (χ0v) is 14.8. The molecule has 0 N–H and O–H groups in total. The summed E-state index contributed by atoms with van der Waals surface area (Å²) in [4.78, 5) is 0. The van der Waals surface area contributed by atoms with Crippen molar-refractivity contribution in [1.82, 2.24) is 0 Å². The van der Waals surface area contributed by atoms with Gasteiger partial charge in [0, 0.05) is 14.5 Å². The third kappa shape index (κ3) is 3.80. The third-order valence-corrected chi connectivity index (χ3v) is 5.15. The fraction of sp³-hybridized carbons (Fsp3) is 0.250. The number of alkyl halides is 1. The summed E-state index contributed by atoms with van der Waals surface area (Å²) in [5, 5.41) is 0. The molecule has 0 amide bonds. The minimum Gasteiger partial charge on any atom is -0.365 e. The molecule has 2 aromatic rings. The molecule has 2 rings (SSSR count). The zero-order chi connectivity index (χ0) is 14.6. The van der Waals surface area contributed by atoms with Crippen LogP contribution < -0.4 is 0 Å². The van der Waals surface area contributed by atoms with Crippen molar-refractivity contribution in [2.45, 2.75) is 19.1 Å². The number of hydrogen-bond acceptors (Lipinski definition) is 1. The van der Waals surface area contributed by atoms with Crippen LogP contribution in [-0.2, 0) is 16.9 Å². The minimum absolute atomic E-state index is 0.220. The van der Waals surface area contributed by atoms with Gasteiger partial charge in [0.25, 0.3) is 0 Å². The van der Waals surface area contributed by atoms with Crippen LogP contribution in [0, 0.1) is 5.82 Å². The molecule has 0 heterocycles. The van der Waals surface area contributed by atoms with Crippen LogP contribution in [0.25, 0.3) is 0 Å². The highest BCUT2D eigenvalue weighted by atomic mass is 127. The fourth-order valence-corrected chi connectivity index (χ4v) is 2.80. The Morgan fingerprint density at radius 2 is 1.80 bits per heavy atom. The van der Waals surface area contributed by atoms with Gasteiger partial charge in [0.1, 0.15) is 11.4 Å². The second-order valence-corrected chi connectivity index (χ2v) is 6.44. The molecule has 0 spiro atoms. The smallest absolute Gasteiger partial charge is 0.129 e. The lowest BCUT2D eigenvalue weighted by Gasteiger charge is -2.29. The monoisotopic (exact) mass is 448 g/mol. The van der Waals surface area contributed by atoms with Gasteiger partial charge in [-0.1, -0.05) is 68.9 Å². The summed E-state index contributed by atoms with van der Waals surface area (Å²) in [5.74, 6) is -0.220. The molecule has 0 aliphatic heterocycles. The van der Waals surface area contributed by atoms with Gasteiger partial charge in [0.2, 0.25) is 0 Å². The van der Waals surface area contributed by atoms with E-state index in [9.17, 15) is 4.39 Å². The van der Waals surface area contributed by atoms with Gasteiger partial charge in [-0.3, -0.25) is 0 Å². The predicted molar refractivity (Wildman–Crippen MR) is 91.6 cm³/mol. The lowest BCUT2D eigenvalue weighted by Crippen LogP contribution is -2.29. The summed E-state index contributed by atoms with van der Waals surface area (Å²) in [6.45, 7) is 2.39. The van der Waals surface area contributed by atoms with Crippen LogP contribution in [-0.4, -0.2) is 4.43 Å². The average molecular weight is 449 g/mol. The molecule has 2 aromatic carbocycles. The first-order chi connectivity index (χ1) is 9.55. The number of rotatable bonds is 5. The Labute approximate surface area is 140 Å². The topological polar surface area (TPSA) is 9.23 Å². The molecule has 1 unspecified atom stereocenters. The Hall–Kier alpha value is -0.460. The van der Waals surface area contributed by atoms with Crippen LogP contribution in [0.5, 0.6) is 0 Å². The molecule has 0 aliphatic carbocycles. The molecular weight excluding hydrogens is 434 g/mol. The van der Waals surface area contributed by atoms with Crippen molar-refractivity contribution < 1.29 is 9.13 Å². The van der Waals surface area contributed by atoms with E-state index in [2.05, 4.69) is 38.5 Å². The van der Waals surface area contributed by atoms with Crippen molar-refractivity contribution in [1.29, 1.82) is 0 Å². The van der Waals surface area contributed by atoms with Gasteiger partial charge in [0.05, 0.1) is 6.61 Å². The van der Waals surface area contributed by atoms with Gasteiger partial charge in [-0.15, -0.1) is 0 Å². The van der Waals surface area contributed by atoms with E-state index in [0.717, 1.165) is 10.0 Å². The lowest BCUT2D eigenvalue weighted by molar-refractivity contribution is -0.0298. The molecule has 0 aromatic heterocycles. The molecule has 0 saturated heterocycles. The first kappa shape index (κ1) is 15.9. The Bertz CT molecular complexity index is 573. The van der Waals surface area contributed by atoms with Crippen LogP contribution in [0.2, 0.25) is 0 Å². The Morgan fingerprint density at radius 1 is 1.15 bits per heavy atom. The first-order valence-electron chi connectivity index (χ1n) is 6.24. The second kappa shape index (κ2) is 7.00. The van der Waals surface area contributed by atoms with Crippen LogP contribution >= 0.6 is 38.5 Å². The summed E-state index contributed by atoms with van der Waals surface area (Å²) in [5.41, 5.74) is 1.05. The van der Waals surface area contributed by atoms with E-state index in [1.54, 1.807) is 12.1 Å². The van der Waals surface area contributed by atoms with E-state index < -0.39 is 5.60 Å². The summed E-state index contributed by atoms with van der Waals surface area (Å²) >= 11 is 5.64. The fourth-order valence-electron chi connectivity index (χ4n) is 1.90. The quantitative estimate of drug-likeness (QED) is 0.436. The summed E-state index contributed by atoms with van der Waals surface area (Å²) in [6, 6.07) is 14.7. The van der Waals surface area contributed by atoms with Crippen molar-refractivity contribution in [2.75, 3.05) is 4.43 Å². The standard InChI is InChI=1S/C16H15BrFIO/c1-16(11-19,14-4-2-3-5-15(14)18)20-10-12-6-8-13(17)9-7-12/h2-9H,10-11H2,1H3. The second-order valence-electron chi connectivity index (χ2n) is 4.76. The normalized spacial score (nSPS) is 14.0. The van der Waals surface area contributed by atoms with Crippen LogP contribution in [0.3, 0.4) is 0 Å². The van der Waals surface area contributed by atoms with Gasteiger partial charge in [-0.05, 0) is 30.7 Å². The van der Waals surface area contributed by atoms with Crippen molar-refractivity contribution in [3.63, 3.8) is 0 Å². The van der Waals surface area contributed by atoms with E-state index in [0.29, 0.717) is 16.6 Å². The van der Waals surface area contributed by atoms with Crippen LogP contribution in [0.4, 0.5) is 4.39 Å². The molecule has 0 saturated carbocycles. The van der Waals surface area contributed by atoms with Crippen molar-refractivity contribution >= 4 is 38.5 Å². The summed E-state index contributed by atoms with van der Waals surface area (Å²) < 4.78 is 21.7. The molecular formula is C16H15BrFIO. The average Bonchev–Trinajstić information content (AvgIpc) is 2.47. The van der Waals surface area contributed by atoms with Gasteiger partial charge in [0.15, 0.2) is 0 Å². The van der Waals surface area contributed by atoms with E-state index in [1.165, 1.54) is 6.07 Å². The molecule has 106 valence electrons. The Morgan fingerprint density at radius 3 is 2.40 bits per heavy atom. The lowest BCUT2D eigenvalue weighted by atomic mass is 9.97. The molecule has 0 bridgehead atoms. The van der Waals surface area contributed by atoms with E-state index in [-0.39, 0.29) is 5.82 Å². The molecule has 1 atom stereocenters. The van der Waals surface area contributed by atoms with Crippen molar-refractivity contribution in [3.8, 4) is 0 Å². The van der Waals surface area contributed by atoms with Gasteiger partial charge in [-0.2, -0.15) is 0 Å². The van der Waals surface area contributed by atoms with E-state index in [4.69, 9.17) is 4.74 Å². The van der Waals surface area contributed by atoms with Crippen LogP contribution in [0.15, 0.2) is 53.0 Å². The number of halogens is 3. The van der Waals surface area contributed by atoms with E-state index in [1.807, 2.05) is 37.3 Å².